The Morgan fingerprint density at radius 3 is 2.24 bits per heavy atom. The van der Waals surface area contributed by atoms with Crippen LogP contribution in [0.3, 0.4) is 0 Å². The molecule has 1 heterocycles. The van der Waals surface area contributed by atoms with Gasteiger partial charge in [0.15, 0.2) is 0 Å². The van der Waals surface area contributed by atoms with Crippen molar-refractivity contribution in [3.63, 3.8) is 0 Å². The maximum atomic E-state index is 3.51. The van der Waals surface area contributed by atoms with Gasteiger partial charge in [-0.05, 0) is 48.2 Å². The van der Waals surface area contributed by atoms with Crippen LogP contribution in [0.4, 0.5) is 0 Å². The average Bonchev–Trinajstić information content (AvgIpc) is 2.63. The summed E-state index contributed by atoms with van der Waals surface area (Å²) in [4.78, 5) is 0. The minimum Gasteiger partial charge on any atom is -0.309 e. The lowest BCUT2D eigenvalue weighted by atomic mass is 10.1. The number of aryl methyl sites for hydroxylation is 3. The molecule has 0 aliphatic carbocycles. The van der Waals surface area contributed by atoms with Gasteiger partial charge in [0.1, 0.15) is 0 Å². The van der Waals surface area contributed by atoms with Crippen molar-refractivity contribution in [3.8, 4) is 0 Å². The first kappa shape index (κ1) is 12.3. The van der Waals surface area contributed by atoms with Crippen molar-refractivity contribution in [1.82, 2.24) is 5.32 Å². The van der Waals surface area contributed by atoms with Crippen LogP contribution in [0.1, 0.15) is 27.8 Å². The second-order valence-corrected chi connectivity index (χ2v) is 5.42. The Bertz CT molecular complexity index is 479. The topological polar surface area (TPSA) is 12.0 Å². The third kappa shape index (κ3) is 3.42. The van der Waals surface area contributed by atoms with Crippen LogP contribution in [0.2, 0.25) is 0 Å². The number of hydrogen-bond donors (Lipinski definition) is 1. The standard InChI is InChI=1S/C15H19NS/c1-11-4-12(2)6-14(5-11)7-16-8-15-10-17-9-13(15)3/h4-6,9-10,16H,7-8H2,1-3H3. The smallest absolute Gasteiger partial charge is 0.0219 e. The third-order valence-electron chi connectivity index (χ3n) is 2.89. The molecule has 90 valence electrons. The summed E-state index contributed by atoms with van der Waals surface area (Å²) in [6.45, 7) is 8.38. The van der Waals surface area contributed by atoms with Gasteiger partial charge >= 0.3 is 0 Å². The van der Waals surface area contributed by atoms with Crippen LogP contribution in [-0.4, -0.2) is 0 Å². The highest BCUT2D eigenvalue weighted by atomic mass is 32.1. The van der Waals surface area contributed by atoms with E-state index in [9.17, 15) is 0 Å². The molecule has 2 rings (SSSR count). The molecule has 2 aromatic rings. The molecule has 1 aromatic carbocycles. The van der Waals surface area contributed by atoms with Gasteiger partial charge in [0, 0.05) is 13.1 Å². The predicted octanol–water partition coefficient (Wildman–Crippen LogP) is 3.96. The van der Waals surface area contributed by atoms with Gasteiger partial charge in [-0.3, -0.25) is 0 Å². The van der Waals surface area contributed by atoms with Crippen LogP contribution >= 0.6 is 11.3 Å². The maximum absolute atomic E-state index is 3.51. The molecule has 0 atom stereocenters. The fourth-order valence-electron chi connectivity index (χ4n) is 2.08. The van der Waals surface area contributed by atoms with Crippen LogP contribution in [0, 0.1) is 20.8 Å². The van der Waals surface area contributed by atoms with E-state index in [2.05, 4.69) is 55.0 Å². The summed E-state index contributed by atoms with van der Waals surface area (Å²) in [5, 5.41) is 7.93. The highest BCUT2D eigenvalue weighted by Gasteiger charge is 1.99. The highest BCUT2D eigenvalue weighted by molar-refractivity contribution is 7.08. The first-order chi connectivity index (χ1) is 8.15. The SMILES string of the molecule is Cc1cc(C)cc(CNCc2cscc2C)c1. The van der Waals surface area contributed by atoms with E-state index in [0.717, 1.165) is 13.1 Å². The van der Waals surface area contributed by atoms with Gasteiger partial charge in [0.2, 0.25) is 0 Å². The van der Waals surface area contributed by atoms with E-state index in [1.54, 1.807) is 11.3 Å². The Morgan fingerprint density at radius 1 is 0.941 bits per heavy atom. The molecule has 1 aromatic heterocycles. The minimum atomic E-state index is 0.942. The summed E-state index contributed by atoms with van der Waals surface area (Å²) < 4.78 is 0. The van der Waals surface area contributed by atoms with Crippen molar-refractivity contribution in [3.05, 3.63) is 56.8 Å². The first-order valence-electron chi connectivity index (χ1n) is 5.95. The van der Waals surface area contributed by atoms with Crippen molar-refractivity contribution in [2.45, 2.75) is 33.9 Å². The van der Waals surface area contributed by atoms with Crippen molar-refractivity contribution in [2.75, 3.05) is 0 Å². The Labute approximate surface area is 108 Å². The average molecular weight is 245 g/mol. The number of rotatable bonds is 4. The quantitative estimate of drug-likeness (QED) is 0.859. The van der Waals surface area contributed by atoms with Crippen LogP contribution in [0.15, 0.2) is 29.0 Å². The lowest BCUT2D eigenvalue weighted by Gasteiger charge is -2.07. The van der Waals surface area contributed by atoms with Gasteiger partial charge in [0.05, 0.1) is 0 Å². The molecule has 0 unspecified atom stereocenters. The molecule has 0 aliphatic rings. The van der Waals surface area contributed by atoms with Gasteiger partial charge in [-0.15, -0.1) is 0 Å². The zero-order chi connectivity index (χ0) is 12.3. The van der Waals surface area contributed by atoms with Crippen LogP contribution in [-0.2, 0) is 13.1 Å². The van der Waals surface area contributed by atoms with Crippen LogP contribution in [0.5, 0.6) is 0 Å². The molecule has 0 saturated carbocycles. The molecule has 0 spiro atoms. The maximum Gasteiger partial charge on any atom is 0.0219 e. The monoisotopic (exact) mass is 245 g/mol. The summed E-state index contributed by atoms with van der Waals surface area (Å²) in [5.74, 6) is 0. The van der Waals surface area contributed by atoms with Crippen LogP contribution in [0.25, 0.3) is 0 Å². The van der Waals surface area contributed by atoms with Crippen LogP contribution < -0.4 is 5.32 Å². The normalized spacial score (nSPS) is 10.8. The fraction of sp³-hybridized carbons (Fsp3) is 0.333. The molecule has 1 nitrogen and oxygen atoms in total. The molecule has 1 N–H and O–H groups in total. The van der Waals surface area contributed by atoms with Crippen molar-refractivity contribution in [2.24, 2.45) is 0 Å². The van der Waals surface area contributed by atoms with E-state index in [-0.39, 0.29) is 0 Å². The molecular weight excluding hydrogens is 226 g/mol. The molecule has 0 aliphatic heterocycles. The molecular formula is C15H19NS. The van der Waals surface area contributed by atoms with Gasteiger partial charge < -0.3 is 5.32 Å². The van der Waals surface area contributed by atoms with Crippen molar-refractivity contribution >= 4 is 11.3 Å². The van der Waals surface area contributed by atoms with E-state index in [1.807, 2.05) is 0 Å². The second-order valence-electron chi connectivity index (χ2n) is 4.68. The summed E-state index contributed by atoms with van der Waals surface area (Å²) in [7, 11) is 0. The number of benzene rings is 1. The van der Waals surface area contributed by atoms with Gasteiger partial charge in [-0.2, -0.15) is 11.3 Å². The predicted molar refractivity (Wildman–Crippen MR) is 75.5 cm³/mol. The number of hydrogen-bond acceptors (Lipinski definition) is 2. The van der Waals surface area contributed by atoms with E-state index >= 15 is 0 Å². The molecule has 0 saturated heterocycles. The molecule has 2 heteroatoms. The lowest BCUT2D eigenvalue weighted by molar-refractivity contribution is 0.692. The minimum absolute atomic E-state index is 0.942. The lowest BCUT2D eigenvalue weighted by Crippen LogP contribution is -2.13. The Hall–Kier alpha value is -1.12. The Balaban J connectivity index is 1.92. The highest BCUT2D eigenvalue weighted by Crippen LogP contribution is 2.14. The van der Waals surface area contributed by atoms with Crippen molar-refractivity contribution in [1.29, 1.82) is 0 Å². The zero-order valence-electron chi connectivity index (χ0n) is 10.7. The molecule has 0 radical (unpaired) electrons. The number of thiophene rings is 1. The summed E-state index contributed by atoms with van der Waals surface area (Å²) >= 11 is 1.78. The first-order valence-corrected chi connectivity index (χ1v) is 6.89. The van der Waals surface area contributed by atoms with Gasteiger partial charge in [0.25, 0.3) is 0 Å². The van der Waals surface area contributed by atoms with E-state index < -0.39 is 0 Å². The van der Waals surface area contributed by atoms with E-state index in [1.165, 1.54) is 27.8 Å². The molecule has 0 fully saturated rings. The largest absolute Gasteiger partial charge is 0.309 e. The summed E-state index contributed by atoms with van der Waals surface area (Å²) in [6.07, 6.45) is 0. The summed E-state index contributed by atoms with van der Waals surface area (Å²) in [6, 6.07) is 6.72. The van der Waals surface area contributed by atoms with Crippen molar-refractivity contribution < 1.29 is 0 Å². The van der Waals surface area contributed by atoms with E-state index in [0.29, 0.717) is 0 Å². The van der Waals surface area contributed by atoms with Gasteiger partial charge in [-0.1, -0.05) is 29.3 Å². The molecule has 0 bridgehead atoms. The fourth-order valence-corrected chi connectivity index (χ4v) is 2.94. The third-order valence-corrected chi connectivity index (χ3v) is 3.80. The van der Waals surface area contributed by atoms with E-state index in [4.69, 9.17) is 0 Å². The number of nitrogens with one attached hydrogen (secondary N) is 1. The Morgan fingerprint density at radius 2 is 1.65 bits per heavy atom. The van der Waals surface area contributed by atoms with Gasteiger partial charge in [-0.25, -0.2) is 0 Å². The second kappa shape index (κ2) is 5.48. The Kier molecular flexibility index (Phi) is 3.97. The summed E-state index contributed by atoms with van der Waals surface area (Å²) in [5.41, 5.74) is 6.86. The molecule has 0 amide bonds. The molecule has 17 heavy (non-hydrogen) atoms. The zero-order valence-corrected chi connectivity index (χ0v) is 11.5.